The molecule has 0 amide bonds. The average Bonchev–Trinajstić information content (AvgIpc) is 1.77. The van der Waals surface area contributed by atoms with Crippen LogP contribution in [0.5, 0.6) is 0 Å². The SMILES string of the molecule is Cc1ccn[nH]c1=O.[HH]. The molecule has 0 aliphatic heterocycles. The van der Waals surface area contributed by atoms with Crippen molar-refractivity contribution in [1.82, 2.24) is 10.2 Å². The Labute approximate surface area is 47.9 Å². The Morgan fingerprint density at radius 3 is 3.00 bits per heavy atom. The lowest BCUT2D eigenvalue weighted by molar-refractivity contribution is 0.969. The van der Waals surface area contributed by atoms with Crippen molar-refractivity contribution in [3.8, 4) is 0 Å². The van der Waals surface area contributed by atoms with Gasteiger partial charge in [0.05, 0.1) is 0 Å². The summed E-state index contributed by atoms with van der Waals surface area (Å²) in [6, 6.07) is 1.67. The lowest BCUT2D eigenvalue weighted by Gasteiger charge is -1.82. The third-order valence-corrected chi connectivity index (χ3v) is 0.923. The van der Waals surface area contributed by atoms with Crippen molar-refractivity contribution in [2.75, 3.05) is 0 Å². The lowest BCUT2D eigenvalue weighted by Crippen LogP contribution is -2.08. The Bertz CT molecular complexity index is 232. The first-order valence-corrected chi connectivity index (χ1v) is 2.31. The maximum atomic E-state index is 10.5. The predicted molar refractivity (Wildman–Crippen MR) is 31.7 cm³/mol. The molecule has 0 bridgehead atoms. The van der Waals surface area contributed by atoms with E-state index in [1.807, 2.05) is 0 Å². The molecule has 1 aromatic heterocycles. The highest BCUT2D eigenvalue weighted by Crippen LogP contribution is 1.77. The predicted octanol–water partition coefficient (Wildman–Crippen LogP) is 0.324. The van der Waals surface area contributed by atoms with Crippen LogP contribution >= 0.6 is 0 Å². The molecule has 1 N–H and O–H groups in total. The van der Waals surface area contributed by atoms with Gasteiger partial charge in [0.1, 0.15) is 0 Å². The summed E-state index contributed by atoms with van der Waals surface area (Å²) in [4.78, 5) is 10.5. The van der Waals surface area contributed by atoms with Crippen LogP contribution in [-0.2, 0) is 0 Å². The maximum Gasteiger partial charge on any atom is 0.267 e. The Balaban J connectivity index is 0.000000640. The highest BCUT2D eigenvalue weighted by atomic mass is 16.1. The zero-order chi connectivity index (χ0) is 5.98. The summed E-state index contributed by atoms with van der Waals surface area (Å²) < 4.78 is 0. The summed E-state index contributed by atoms with van der Waals surface area (Å²) in [5.74, 6) is 0. The zero-order valence-electron chi connectivity index (χ0n) is 4.51. The number of aryl methyl sites for hydroxylation is 1. The van der Waals surface area contributed by atoms with E-state index < -0.39 is 0 Å². The van der Waals surface area contributed by atoms with Gasteiger partial charge in [0, 0.05) is 13.2 Å². The summed E-state index contributed by atoms with van der Waals surface area (Å²) in [6.07, 6.45) is 1.55. The van der Waals surface area contributed by atoms with E-state index in [4.69, 9.17) is 0 Å². The van der Waals surface area contributed by atoms with Gasteiger partial charge in [-0.2, -0.15) is 5.10 Å². The van der Waals surface area contributed by atoms with Crippen LogP contribution in [0.3, 0.4) is 0 Å². The van der Waals surface area contributed by atoms with Crippen LogP contribution in [0.25, 0.3) is 0 Å². The van der Waals surface area contributed by atoms with E-state index in [1.165, 1.54) is 0 Å². The van der Waals surface area contributed by atoms with Gasteiger partial charge in [0.25, 0.3) is 5.56 Å². The van der Waals surface area contributed by atoms with Crippen molar-refractivity contribution in [1.29, 1.82) is 0 Å². The number of aromatic nitrogens is 2. The minimum absolute atomic E-state index is 0. The molecular weight excluding hydrogens is 104 g/mol. The van der Waals surface area contributed by atoms with E-state index in [9.17, 15) is 4.79 Å². The minimum atomic E-state index is -0.118. The van der Waals surface area contributed by atoms with Crippen LogP contribution in [0, 0.1) is 6.92 Å². The average molecular weight is 112 g/mol. The number of nitrogens with one attached hydrogen (secondary N) is 1. The van der Waals surface area contributed by atoms with Crippen molar-refractivity contribution >= 4 is 0 Å². The quantitative estimate of drug-likeness (QED) is 0.525. The fourth-order valence-electron chi connectivity index (χ4n) is 0.409. The molecule has 0 saturated heterocycles. The van der Waals surface area contributed by atoms with E-state index >= 15 is 0 Å². The van der Waals surface area contributed by atoms with E-state index in [-0.39, 0.29) is 6.99 Å². The molecule has 0 atom stereocenters. The third-order valence-electron chi connectivity index (χ3n) is 0.923. The number of nitrogens with zero attached hydrogens (tertiary/aromatic N) is 1. The molecule has 0 unspecified atom stereocenters. The summed E-state index contributed by atoms with van der Waals surface area (Å²) in [5.41, 5.74) is 0.576. The van der Waals surface area contributed by atoms with E-state index in [2.05, 4.69) is 10.2 Å². The molecule has 0 saturated carbocycles. The first-order chi connectivity index (χ1) is 3.80. The fourth-order valence-corrected chi connectivity index (χ4v) is 0.409. The van der Waals surface area contributed by atoms with Gasteiger partial charge in [0.2, 0.25) is 0 Å². The highest BCUT2D eigenvalue weighted by molar-refractivity contribution is 5.01. The Morgan fingerprint density at radius 2 is 2.62 bits per heavy atom. The summed E-state index contributed by atoms with van der Waals surface area (Å²) in [5, 5.41) is 5.80. The molecule has 0 fully saturated rings. The van der Waals surface area contributed by atoms with Crippen molar-refractivity contribution in [2.24, 2.45) is 0 Å². The fraction of sp³-hybridized carbons (Fsp3) is 0.200. The molecule has 8 heavy (non-hydrogen) atoms. The van der Waals surface area contributed by atoms with Gasteiger partial charge >= 0.3 is 0 Å². The first-order valence-electron chi connectivity index (χ1n) is 2.31. The summed E-state index contributed by atoms with van der Waals surface area (Å²) in [6.45, 7) is 1.74. The second-order valence-electron chi connectivity index (χ2n) is 1.57. The number of aromatic amines is 1. The third kappa shape index (κ3) is 0.753. The van der Waals surface area contributed by atoms with E-state index in [1.54, 1.807) is 19.2 Å². The molecule has 0 radical (unpaired) electrons. The minimum Gasteiger partial charge on any atom is -0.268 e. The molecule has 1 aromatic rings. The Kier molecular flexibility index (Phi) is 1.12. The van der Waals surface area contributed by atoms with Crippen LogP contribution < -0.4 is 5.56 Å². The number of hydrogen-bond donors (Lipinski definition) is 1. The highest BCUT2D eigenvalue weighted by Gasteiger charge is 1.84. The van der Waals surface area contributed by atoms with Gasteiger partial charge < -0.3 is 0 Å². The zero-order valence-corrected chi connectivity index (χ0v) is 4.51. The second kappa shape index (κ2) is 1.78. The van der Waals surface area contributed by atoms with Gasteiger partial charge in [-0.15, -0.1) is 0 Å². The van der Waals surface area contributed by atoms with Crippen LogP contribution in [0.2, 0.25) is 0 Å². The van der Waals surface area contributed by atoms with Crippen LogP contribution in [0.4, 0.5) is 0 Å². The van der Waals surface area contributed by atoms with Gasteiger partial charge in [-0.1, -0.05) is 0 Å². The van der Waals surface area contributed by atoms with E-state index in [0.717, 1.165) is 0 Å². The van der Waals surface area contributed by atoms with Gasteiger partial charge in [-0.3, -0.25) is 4.79 Å². The molecule has 3 heteroatoms. The van der Waals surface area contributed by atoms with Crippen LogP contribution in [0.15, 0.2) is 17.1 Å². The molecule has 0 spiro atoms. The lowest BCUT2D eigenvalue weighted by atomic mass is 10.4. The molecule has 1 rings (SSSR count). The number of H-pyrrole nitrogens is 1. The van der Waals surface area contributed by atoms with Gasteiger partial charge in [0.15, 0.2) is 0 Å². The maximum absolute atomic E-state index is 10.5. The normalized spacial score (nSPS) is 9.12. The topological polar surface area (TPSA) is 45.8 Å². The largest absolute Gasteiger partial charge is 0.268 e. The molecule has 0 aliphatic rings. The monoisotopic (exact) mass is 112 g/mol. The van der Waals surface area contributed by atoms with Crippen LogP contribution in [0.1, 0.15) is 6.99 Å². The molecule has 3 nitrogen and oxygen atoms in total. The smallest absolute Gasteiger partial charge is 0.267 e. The molecule has 0 aliphatic carbocycles. The summed E-state index contributed by atoms with van der Waals surface area (Å²) >= 11 is 0. The number of rotatable bonds is 0. The Morgan fingerprint density at radius 1 is 1.88 bits per heavy atom. The molecule has 44 valence electrons. The molecular formula is C5H8N2O. The van der Waals surface area contributed by atoms with Crippen LogP contribution in [-0.4, -0.2) is 10.2 Å². The van der Waals surface area contributed by atoms with E-state index in [0.29, 0.717) is 5.56 Å². The van der Waals surface area contributed by atoms with Crippen molar-refractivity contribution in [2.45, 2.75) is 6.92 Å². The molecule has 1 heterocycles. The van der Waals surface area contributed by atoms with Gasteiger partial charge in [-0.25, -0.2) is 5.10 Å². The van der Waals surface area contributed by atoms with Gasteiger partial charge in [-0.05, 0) is 13.0 Å². The first kappa shape index (κ1) is 5.03. The Hall–Kier alpha value is -1.12. The number of hydrogen-bond acceptors (Lipinski definition) is 2. The molecule has 0 aromatic carbocycles. The van der Waals surface area contributed by atoms with Crippen molar-refractivity contribution in [3.05, 3.63) is 28.2 Å². The standard InChI is InChI=1S/C5H6N2O.H2/c1-4-2-3-6-7-5(4)8;/h2-3H,1H3,(H,7,8);1H. The second-order valence-corrected chi connectivity index (χ2v) is 1.57. The van der Waals surface area contributed by atoms with Crippen molar-refractivity contribution in [3.63, 3.8) is 0 Å². The summed E-state index contributed by atoms with van der Waals surface area (Å²) in [7, 11) is 0. The van der Waals surface area contributed by atoms with Crippen molar-refractivity contribution < 1.29 is 1.43 Å².